The molecule has 0 atom stereocenters. The predicted molar refractivity (Wildman–Crippen MR) is 149 cm³/mol. The van der Waals surface area contributed by atoms with E-state index in [1.807, 2.05) is 0 Å². The molecule has 0 unspecified atom stereocenters. The molecule has 0 aliphatic carbocycles. The minimum Gasteiger partial charge on any atom is -0.426 e. The Morgan fingerprint density at radius 2 is 1.38 bits per heavy atom. The van der Waals surface area contributed by atoms with Gasteiger partial charge in [-0.05, 0) is 55.3 Å². The summed E-state index contributed by atoms with van der Waals surface area (Å²) >= 11 is 0. The number of rotatable bonds is 9. The van der Waals surface area contributed by atoms with Gasteiger partial charge in [0.2, 0.25) is 0 Å². The van der Waals surface area contributed by atoms with Crippen LogP contribution in [0.15, 0.2) is 85.0 Å². The van der Waals surface area contributed by atoms with E-state index in [1.165, 1.54) is 12.1 Å². The number of benzene rings is 3. The first-order chi connectivity index (χ1) is 18.4. The maximum Gasteiger partial charge on any atom is 0.338 e. The van der Waals surface area contributed by atoms with Crippen molar-refractivity contribution < 1.29 is 33.0 Å². The molecule has 0 aliphatic heterocycles. The van der Waals surface area contributed by atoms with Crippen LogP contribution in [0.1, 0.15) is 38.8 Å². The molecule has 3 rings (SSSR count). The normalized spacial score (nSPS) is 10.8. The summed E-state index contributed by atoms with van der Waals surface area (Å²) in [5.41, 5.74) is 2.75. The molecule has 0 aliphatic rings. The second kappa shape index (κ2) is 12.6. The van der Waals surface area contributed by atoms with E-state index in [0.717, 1.165) is 6.07 Å². The van der Waals surface area contributed by atoms with Crippen LogP contribution in [0, 0.1) is 11.7 Å². The Balaban J connectivity index is 1.89. The van der Waals surface area contributed by atoms with Crippen molar-refractivity contribution in [1.82, 2.24) is 0 Å². The van der Waals surface area contributed by atoms with E-state index in [4.69, 9.17) is 14.2 Å². The van der Waals surface area contributed by atoms with Crippen molar-refractivity contribution in [2.75, 3.05) is 0 Å². The fourth-order valence-corrected chi connectivity index (χ4v) is 3.18. The maximum atomic E-state index is 14.6. The summed E-state index contributed by atoms with van der Waals surface area (Å²) in [4.78, 5) is 35.9. The third kappa shape index (κ3) is 7.85. The number of carbonyl (C=O) groups is 3. The molecule has 39 heavy (non-hydrogen) atoms. The van der Waals surface area contributed by atoms with E-state index in [0.29, 0.717) is 22.4 Å². The minimum atomic E-state index is -0.595. The molecular weight excluding hydrogens is 499 g/mol. The Bertz CT molecular complexity index is 1460. The highest BCUT2D eigenvalue weighted by atomic mass is 19.1. The van der Waals surface area contributed by atoms with Crippen LogP contribution in [-0.4, -0.2) is 17.9 Å². The molecule has 0 spiro atoms. The molecule has 0 saturated heterocycles. The molecule has 0 fully saturated rings. The third-order valence-corrected chi connectivity index (χ3v) is 5.40. The molecular formula is C32H29FO6. The third-order valence-electron chi connectivity index (χ3n) is 5.40. The molecule has 0 saturated carbocycles. The van der Waals surface area contributed by atoms with Crippen molar-refractivity contribution in [3.05, 3.63) is 102 Å². The zero-order chi connectivity index (χ0) is 28.7. The molecule has 6 nitrogen and oxygen atoms in total. The van der Waals surface area contributed by atoms with Gasteiger partial charge in [0.1, 0.15) is 23.1 Å². The van der Waals surface area contributed by atoms with Crippen LogP contribution in [0.25, 0.3) is 23.3 Å². The topological polar surface area (TPSA) is 78.9 Å². The first-order valence-corrected chi connectivity index (χ1v) is 12.1. The van der Waals surface area contributed by atoms with E-state index in [2.05, 4.69) is 13.2 Å². The number of hydrogen-bond donors (Lipinski definition) is 0. The van der Waals surface area contributed by atoms with Crippen molar-refractivity contribution in [2.24, 2.45) is 5.92 Å². The Morgan fingerprint density at radius 3 is 1.97 bits per heavy atom. The van der Waals surface area contributed by atoms with E-state index >= 15 is 0 Å². The van der Waals surface area contributed by atoms with Crippen molar-refractivity contribution >= 4 is 30.1 Å². The Hall–Kier alpha value is -4.78. The van der Waals surface area contributed by atoms with E-state index < -0.39 is 23.7 Å². The van der Waals surface area contributed by atoms with Gasteiger partial charge in [0, 0.05) is 28.3 Å². The summed E-state index contributed by atoms with van der Waals surface area (Å²) in [6, 6.07) is 16.1. The maximum absolute atomic E-state index is 14.6. The number of carbonyl (C=O) groups excluding carboxylic acids is 3. The highest BCUT2D eigenvalue weighted by Crippen LogP contribution is 2.33. The molecule has 200 valence electrons. The van der Waals surface area contributed by atoms with Gasteiger partial charge in [-0.25, -0.2) is 14.0 Å². The summed E-state index contributed by atoms with van der Waals surface area (Å²) in [6.45, 7) is 13.7. The number of esters is 3. The number of hydrogen-bond acceptors (Lipinski definition) is 6. The fraction of sp³-hybridized carbons (Fsp3) is 0.156. The second-order valence-electron chi connectivity index (χ2n) is 9.21. The van der Waals surface area contributed by atoms with Crippen LogP contribution in [0.2, 0.25) is 0 Å². The van der Waals surface area contributed by atoms with Crippen molar-refractivity contribution in [3.8, 4) is 28.4 Å². The molecule has 3 aromatic rings. The van der Waals surface area contributed by atoms with Gasteiger partial charge in [-0.2, -0.15) is 0 Å². The van der Waals surface area contributed by atoms with Gasteiger partial charge in [0.05, 0.1) is 5.92 Å². The predicted octanol–water partition coefficient (Wildman–Crippen LogP) is 7.19. The van der Waals surface area contributed by atoms with E-state index in [9.17, 15) is 18.8 Å². The zero-order valence-corrected chi connectivity index (χ0v) is 22.2. The van der Waals surface area contributed by atoms with Crippen molar-refractivity contribution in [2.45, 2.75) is 27.7 Å². The Morgan fingerprint density at radius 1 is 0.769 bits per heavy atom. The summed E-state index contributed by atoms with van der Waals surface area (Å²) < 4.78 is 30.6. The average Bonchev–Trinajstić information content (AvgIpc) is 2.88. The van der Waals surface area contributed by atoms with Gasteiger partial charge >= 0.3 is 17.9 Å². The molecule has 3 aromatic carbocycles. The Labute approximate surface area is 227 Å². The number of ether oxygens (including phenoxy) is 3. The molecule has 0 aromatic heterocycles. The van der Waals surface area contributed by atoms with Crippen LogP contribution in [0.4, 0.5) is 4.39 Å². The lowest BCUT2D eigenvalue weighted by Gasteiger charge is -2.12. The zero-order valence-electron chi connectivity index (χ0n) is 22.2. The van der Waals surface area contributed by atoms with Gasteiger partial charge in [-0.1, -0.05) is 63.4 Å². The molecule has 0 N–H and O–H groups in total. The molecule has 0 radical (unpaired) electrons. The van der Waals surface area contributed by atoms with Gasteiger partial charge in [-0.3, -0.25) is 4.79 Å². The van der Waals surface area contributed by atoms with E-state index in [-0.39, 0.29) is 34.1 Å². The smallest absolute Gasteiger partial charge is 0.338 e. The molecule has 0 heterocycles. The van der Waals surface area contributed by atoms with Crippen molar-refractivity contribution in [1.29, 1.82) is 0 Å². The first-order valence-electron chi connectivity index (χ1n) is 12.1. The monoisotopic (exact) mass is 528 g/mol. The van der Waals surface area contributed by atoms with Gasteiger partial charge in [0.15, 0.2) is 0 Å². The first kappa shape index (κ1) is 28.8. The lowest BCUT2D eigenvalue weighted by molar-refractivity contribution is -0.137. The van der Waals surface area contributed by atoms with Gasteiger partial charge in [-0.15, -0.1) is 0 Å². The summed E-state index contributed by atoms with van der Waals surface area (Å²) in [7, 11) is 0. The van der Waals surface area contributed by atoms with Crippen LogP contribution in [0.3, 0.4) is 0 Å². The van der Waals surface area contributed by atoms with Crippen molar-refractivity contribution in [3.63, 3.8) is 0 Å². The molecule has 7 heteroatoms. The van der Waals surface area contributed by atoms with Crippen LogP contribution >= 0.6 is 0 Å². The lowest BCUT2D eigenvalue weighted by atomic mass is 10.0. The summed E-state index contributed by atoms with van der Waals surface area (Å²) in [5, 5.41) is 0. The van der Waals surface area contributed by atoms with Crippen LogP contribution < -0.4 is 14.2 Å². The number of halogens is 1. The van der Waals surface area contributed by atoms with Crippen LogP contribution in [-0.2, 0) is 14.4 Å². The van der Waals surface area contributed by atoms with E-state index in [1.54, 1.807) is 82.3 Å². The SMILES string of the molecule is C=C(C)C(=O)Oc1ccc(-c2ccc(/C=C/c3ccc(OC(=O)C(C)C)cc3F)cc2OC(=O)C(=C)C)cc1. The Kier molecular flexibility index (Phi) is 9.33. The second-order valence-corrected chi connectivity index (χ2v) is 9.21. The summed E-state index contributed by atoms with van der Waals surface area (Å²) in [6.07, 6.45) is 3.23. The standard InChI is InChI=1S/C32H29FO6/c1-19(2)30(34)37-25-13-10-23(11-14-25)27-16-8-22(17-29(27)39-32(36)21(5)6)7-9-24-12-15-26(18-28(24)33)38-31(35)20(3)4/h7-18,20H,1,5H2,2-4,6H3/b9-7+. The van der Waals surface area contributed by atoms with Gasteiger partial charge in [0.25, 0.3) is 0 Å². The largest absolute Gasteiger partial charge is 0.426 e. The van der Waals surface area contributed by atoms with Crippen LogP contribution in [0.5, 0.6) is 17.2 Å². The highest BCUT2D eigenvalue weighted by Gasteiger charge is 2.14. The van der Waals surface area contributed by atoms with Gasteiger partial charge < -0.3 is 14.2 Å². The molecule has 0 bridgehead atoms. The fourth-order valence-electron chi connectivity index (χ4n) is 3.18. The lowest BCUT2D eigenvalue weighted by Crippen LogP contribution is -2.14. The minimum absolute atomic E-state index is 0.127. The summed E-state index contributed by atoms with van der Waals surface area (Å²) in [5.74, 6) is -1.72. The molecule has 0 amide bonds. The highest BCUT2D eigenvalue weighted by molar-refractivity contribution is 5.91. The average molecular weight is 529 g/mol. The quantitative estimate of drug-likeness (QED) is 0.127.